The van der Waals surface area contributed by atoms with E-state index >= 15 is 0 Å². The molecule has 2 rings (SSSR count). The molecule has 92 valence electrons. The first-order valence-corrected chi connectivity index (χ1v) is 6.23. The van der Waals surface area contributed by atoms with E-state index in [4.69, 9.17) is 4.74 Å². The molecule has 1 saturated heterocycles. The average Bonchev–Trinajstić information content (AvgIpc) is 2.29. The van der Waals surface area contributed by atoms with Gasteiger partial charge in [0.05, 0.1) is 0 Å². The number of carbonyl (C=O) groups is 1. The van der Waals surface area contributed by atoms with Crippen LogP contribution in [0.3, 0.4) is 0 Å². The minimum Gasteiger partial charge on any atom is -0.381 e. The maximum atomic E-state index is 12.1. The molecule has 1 fully saturated rings. The van der Waals surface area contributed by atoms with Crippen LogP contribution in [0.2, 0.25) is 0 Å². The Labute approximate surface area is 107 Å². The number of carbonyl (C=O) groups excluding carboxylic acids is 1. The fraction of sp³-hybridized carbons (Fsp3) is 0.462. The van der Waals surface area contributed by atoms with Gasteiger partial charge in [0.15, 0.2) is 0 Å². The lowest BCUT2D eigenvalue weighted by Gasteiger charge is -2.34. The van der Waals surface area contributed by atoms with E-state index in [2.05, 4.69) is 24.9 Å². The summed E-state index contributed by atoms with van der Waals surface area (Å²) in [7, 11) is 0. The summed E-state index contributed by atoms with van der Waals surface area (Å²) in [6, 6.07) is 7.28. The molecule has 1 aromatic carbocycles. The summed E-state index contributed by atoms with van der Waals surface area (Å²) >= 11 is 4.24. The van der Waals surface area contributed by atoms with Gasteiger partial charge in [0.2, 0.25) is 0 Å². The Kier molecular flexibility index (Phi) is 3.74. The second-order valence-corrected chi connectivity index (χ2v) is 5.19. The largest absolute Gasteiger partial charge is 0.381 e. The summed E-state index contributed by atoms with van der Waals surface area (Å²) < 4.78 is 5.31. The molecule has 1 N–H and O–H groups in total. The second kappa shape index (κ2) is 5.10. The van der Waals surface area contributed by atoms with Crippen LogP contribution >= 0.6 is 12.6 Å². The molecular formula is C13H17NO2S. The zero-order chi connectivity index (χ0) is 12.3. The minimum atomic E-state index is -0.151. The molecule has 17 heavy (non-hydrogen) atoms. The van der Waals surface area contributed by atoms with Crippen LogP contribution in [0.4, 0.5) is 0 Å². The van der Waals surface area contributed by atoms with Crippen LogP contribution in [0.5, 0.6) is 0 Å². The Hall–Kier alpha value is -1.00. The van der Waals surface area contributed by atoms with Gasteiger partial charge in [-0.15, -0.1) is 12.6 Å². The Morgan fingerprint density at radius 3 is 2.76 bits per heavy atom. The number of hydrogen-bond donors (Lipinski definition) is 2. The van der Waals surface area contributed by atoms with Gasteiger partial charge < -0.3 is 10.1 Å². The second-order valence-electron chi connectivity index (χ2n) is 4.68. The van der Waals surface area contributed by atoms with Gasteiger partial charge in [-0.25, -0.2) is 0 Å². The predicted molar refractivity (Wildman–Crippen MR) is 69.6 cm³/mol. The standard InChI is InChI=1S/C13H17NO2S/c1-13(5-7-16-8-6-13)14-12(15)10-3-2-4-11(17)9-10/h2-4,9,17H,5-8H2,1H3,(H,14,15). The number of nitrogens with one attached hydrogen (secondary N) is 1. The van der Waals surface area contributed by atoms with E-state index in [-0.39, 0.29) is 11.4 Å². The van der Waals surface area contributed by atoms with Crippen LogP contribution in [-0.2, 0) is 4.74 Å². The highest BCUT2D eigenvalue weighted by Crippen LogP contribution is 2.20. The first-order chi connectivity index (χ1) is 8.09. The fourth-order valence-electron chi connectivity index (χ4n) is 1.94. The first kappa shape index (κ1) is 12.5. The average molecular weight is 251 g/mol. The van der Waals surface area contributed by atoms with Crippen LogP contribution in [-0.4, -0.2) is 24.7 Å². The SMILES string of the molecule is CC1(NC(=O)c2cccc(S)c2)CCOCC1. The zero-order valence-corrected chi connectivity index (χ0v) is 10.8. The summed E-state index contributed by atoms with van der Waals surface area (Å²) in [5.74, 6) is -0.0368. The Morgan fingerprint density at radius 2 is 2.12 bits per heavy atom. The van der Waals surface area contributed by atoms with E-state index in [1.165, 1.54) is 0 Å². The highest BCUT2D eigenvalue weighted by molar-refractivity contribution is 7.80. The third-order valence-electron chi connectivity index (χ3n) is 3.12. The molecule has 1 amide bonds. The van der Waals surface area contributed by atoms with Crippen molar-refractivity contribution in [1.82, 2.24) is 5.32 Å². The van der Waals surface area contributed by atoms with Crippen molar-refractivity contribution in [3.63, 3.8) is 0 Å². The monoisotopic (exact) mass is 251 g/mol. The molecule has 0 aromatic heterocycles. The molecule has 0 saturated carbocycles. The fourth-order valence-corrected chi connectivity index (χ4v) is 2.17. The van der Waals surface area contributed by atoms with Crippen LogP contribution in [0, 0.1) is 0 Å². The van der Waals surface area contributed by atoms with Crippen LogP contribution < -0.4 is 5.32 Å². The van der Waals surface area contributed by atoms with Crippen molar-refractivity contribution < 1.29 is 9.53 Å². The molecule has 4 heteroatoms. The Bertz CT molecular complexity index is 414. The van der Waals surface area contributed by atoms with Crippen LogP contribution in [0.1, 0.15) is 30.1 Å². The van der Waals surface area contributed by atoms with E-state index < -0.39 is 0 Å². The quantitative estimate of drug-likeness (QED) is 0.791. The summed E-state index contributed by atoms with van der Waals surface area (Å²) in [6.45, 7) is 3.49. The molecular weight excluding hydrogens is 234 g/mol. The van der Waals surface area contributed by atoms with E-state index in [0.29, 0.717) is 18.8 Å². The van der Waals surface area contributed by atoms with Crippen LogP contribution in [0.25, 0.3) is 0 Å². The molecule has 0 aliphatic carbocycles. The Morgan fingerprint density at radius 1 is 1.41 bits per heavy atom. The molecule has 1 heterocycles. The van der Waals surface area contributed by atoms with Crippen molar-refractivity contribution in [3.8, 4) is 0 Å². The van der Waals surface area contributed by atoms with Gasteiger partial charge in [-0.05, 0) is 38.0 Å². The number of amides is 1. The molecule has 0 atom stereocenters. The number of rotatable bonds is 2. The molecule has 0 spiro atoms. The topological polar surface area (TPSA) is 38.3 Å². The maximum Gasteiger partial charge on any atom is 0.251 e. The Balaban J connectivity index is 2.06. The van der Waals surface area contributed by atoms with Crippen molar-refractivity contribution in [2.45, 2.75) is 30.2 Å². The van der Waals surface area contributed by atoms with Crippen molar-refractivity contribution in [3.05, 3.63) is 29.8 Å². The predicted octanol–water partition coefficient (Wildman–Crippen LogP) is 2.27. The first-order valence-electron chi connectivity index (χ1n) is 5.78. The van der Waals surface area contributed by atoms with Gasteiger partial charge in [-0.2, -0.15) is 0 Å². The molecule has 0 radical (unpaired) electrons. The normalized spacial score (nSPS) is 18.7. The molecule has 0 unspecified atom stereocenters. The lowest BCUT2D eigenvalue weighted by Crippen LogP contribution is -2.49. The summed E-state index contributed by atoms with van der Waals surface area (Å²) in [5, 5.41) is 3.09. The zero-order valence-electron chi connectivity index (χ0n) is 9.90. The highest BCUT2D eigenvalue weighted by Gasteiger charge is 2.29. The van der Waals surface area contributed by atoms with Gasteiger partial charge in [-0.3, -0.25) is 4.79 Å². The number of thiol groups is 1. The van der Waals surface area contributed by atoms with Gasteiger partial charge >= 0.3 is 0 Å². The third kappa shape index (κ3) is 3.23. The minimum absolute atomic E-state index is 0.0368. The molecule has 1 aliphatic heterocycles. The molecule has 3 nitrogen and oxygen atoms in total. The lowest BCUT2D eigenvalue weighted by molar-refractivity contribution is 0.0423. The van der Waals surface area contributed by atoms with Crippen molar-refractivity contribution in [1.29, 1.82) is 0 Å². The highest BCUT2D eigenvalue weighted by atomic mass is 32.1. The smallest absolute Gasteiger partial charge is 0.251 e. The van der Waals surface area contributed by atoms with Crippen molar-refractivity contribution in [2.24, 2.45) is 0 Å². The van der Waals surface area contributed by atoms with Crippen molar-refractivity contribution in [2.75, 3.05) is 13.2 Å². The van der Waals surface area contributed by atoms with Crippen molar-refractivity contribution >= 4 is 18.5 Å². The van der Waals surface area contributed by atoms with E-state index in [1.807, 2.05) is 12.1 Å². The number of hydrogen-bond acceptors (Lipinski definition) is 3. The summed E-state index contributed by atoms with van der Waals surface area (Å²) in [4.78, 5) is 12.9. The molecule has 1 aliphatic rings. The number of ether oxygens (including phenoxy) is 1. The maximum absolute atomic E-state index is 12.1. The third-order valence-corrected chi connectivity index (χ3v) is 3.40. The summed E-state index contributed by atoms with van der Waals surface area (Å²) in [6.07, 6.45) is 1.72. The van der Waals surface area contributed by atoms with E-state index in [1.54, 1.807) is 12.1 Å². The van der Waals surface area contributed by atoms with Gasteiger partial charge in [-0.1, -0.05) is 6.07 Å². The number of benzene rings is 1. The lowest BCUT2D eigenvalue weighted by atomic mass is 9.92. The van der Waals surface area contributed by atoms with Gasteiger partial charge in [0, 0.05) is 29.2 Å². The van der Waals surface area contributed by atoms with Gasteiger partial charge in [0.1, 0.15) is 0 Å². The van der Waals surface area contributed by atoms with Crippen LogP contribution in [0.15, 0.2) is 29.2 Å². The summed E-state index contributed by atoms with van der Waals surface area (Å²) in [5.41, 5.74) is 0.507. The van der Waals surface area contributed by atoms with E-state index in [0.717, 1.165) is 17.7 Å². The molecule has 0 bridgehead atoms. The van der Waals surface area contributed by atoms with Gasteiger partial charge in [0.25, 0.3) is 5.91 Å². The molecule has 1 aromatic rings. The van der Waals surface area contributed by atoms with E-state index in [9.17, 15) is 4.79 Å².